The lowest BCUT2D eigenvalue weighted by molar-refractivity contribution is -0.180. The number of rotatable bonds is 9. The number of nitrogens with zero attached hydrogens (tertiary/aromatic N) is 2. The summed E-state index contributed by atoms with van der Waals surface area (Å²) < 4.78 is 18.5. The summed E-state index contributed by atoms with van der Waals surface area (Å²) in [4.78, 5) is 55.7. The second-order valence-corrected chi connectivity index (χ2v) is 11.0. The minimum absolute atomic E-state index is 0.0695. The third-order valence-electron chi connectivity index (χ3n) is 8.00. The van der Waals surface area contributed by atoms with Crippen LogP contribution in [-0.2, 0) is 44.2 Å². The predicted molar refractivity (Wildman–Crippen MR) is 153 cm³/mol. The van der Waals surface area contributed by atoms with Gasteiger partial charge < -0.3 is 29.2 Å². The molecule has 2 aliphatic heterocycles. The van der Waals surface area contributed by atoms with Gasteiger partial charge in [-0.2, -0.15) is 0 Å². The molecular weight excluding hydrogens is 542 g/mol. The van der Waals surface area contributed by atoms with Crippen molar-refractivity contribution in [2.24, 2.45) is 5.92 Å². The van der Waals surface area contributed by atoms with Gasteiger partial charge in [0.25, 0.3) is 5.56 Å². The maximum Gasteiger partial charge on any atom is 0.413 e. The van der Waals surface area contributed by atoms with Crippen molar-refractivity contribution < 1.29 is 33.7 Å². The maximum absolute atomic E-state index is 13.7. The quantitative estimate of drug-likeness (QED) is 0.278. The molecule has 1 amide bonds. The van der Waals surface area contributed by atoms with Gasteiger partial charge in [-0.1, -0.05) is 27.7 Å². The average Bonchev–Trinajstić information content (AvgIpc) is 3.31. The van der Waals surface area contributed by atoms with Crippen molar-refractivity contribution in [1.82, 2.24) is 14.9 Å². The molecule has 0 bridgehead atoms. The molecule has 222 valence electrons. The smallest absolute Gasteiger partial charge is 0.413 e. The summed E-state index contributed by atoms with van der Waals surface area (Å²) in [6, 6.07) is 5.82. The van der Waals surface area contributed by atoms with E-state index in [1.165, 1.54) is 0 Å². The van der Waals surface area contributed by atoms with Gasteiger partial charge in [-0.15, -0.1) is 0 Å². The number of ether oxygens (including phenoxy) is 3. The van der Waals surface area contributed by atoms with E-state index in [2.05, 4.69) is 5.32 Å². The highest BCUT2D eigenvalue weighted by atomic mass is 16.6. The summed E-state index contributed by atoms with van der Waals surface area (Å²) in [5, 5.41) is 12.6. The molecule has 2 aromatic heterocycles. The molecule has 11 heteroatoms. The molecule has 0 radical (unpaired) electrons. The van der Waals surface area contributed by atoms with Crippen LogP contribution in [0.3, 0.4) is 0 Å². The zero-order chi connectivity index (χ0) is 30.3. The third-order valence-corrected chi connectivity index (χ3v) is 8.00. The van der Waals surface area contributed by atoms with Crippen LogP contribution in [0.1, 0.15) is 69.7 Å². The Kier molecular flexibility index (Phi) is 7.80. The van der Waals surface area contributed by atoms with Gasteiger partial charge in [-0.3, -0.25) is 4.79 Å². The molecule has 2 atom stereocenters. The van der Waals surface area contributed by atoms with Crippen LogP contribution in [0.5, 0.6) is 5.75 Å². The van der Waals surface area contributed by atoms with Gasteiger partial charge in [-0.05, 0) is 61.9 Å². The maximum atomic E-state index is 13.7. The topological polar surface area (TPSA) is 146 Å². The second-order valence-electron chi connectivity index (χ2n) is 11.0. The molecule has 42 heavy (non-hydrogen) atoms. The normalized spacial score (nSPS) is 17.8. The van der Waals surface area contributed by atoms with Gasteiger partial charge in [-0.25, -0.2) is 19.4 Å². The van der Waals surface area contributed by atoms with Crippen molar-refractivity contribution in [1.29, 1.82) is 0 Å². The van der Waals surface area contributed by atoms with Crippen LogP contribution >= 0.6 is 0 Å². The van der Waals surface area contributed by atoms with E-state index in [1.54, 1.807) is 29.7 Å². The number of esters is 1. The largest absolute Gasteiger partial charge is 0.480 e. The van der Waals surface area contributed by atoms with Crippen molar-refractivity contribution in [3.8, 4) is 17.1 Å². The van der Waals surface area contributed by atoms with Crippen LogP contribution in [0.4, 0.5) is 4.79 Å². The van der Waals surface area contributed by atoms with Crippen LogP contribution < -0.4 is 15.6 Å². The minimum atomic E-state index is -1.36. The number of hydrogen-bond acceptors (Lipinski definition) is 8. The molecule has 2 aliphatic rings. The number of hydrogen-bond donors (Lipinski definition) is 2. The number of nitrogens with one attached hydrogen (secondary N) is 1. The fourth-order valence-electron chi connectivity index (χ4n) is 6.05. The molecule has 0 spiro atoms. The Morgan fingerprint density at radius 3 is 2.57 bits per heavy atom. The van der Waals surface area contributed by atoms with E-state index in [1.807, 2.05) is 33.8 Å². The number of carbonyl (C=O) groups is 3. The number of pyridine rings is 2. The van der Waals surface area contributed by atoms with Crippen molar-refractivity contribution in [2.75, 3.05) is 6.61 Å². The summed E-state index contributed by atoms with van der Waals surface area (Å²) in [6.45, 7) is 9.83. The van der Waals surface area contributed by atoms with Gasteiger partial charge >= 0.3 is 18.0 Å². The number of amides is 1. The first-order valence-corrected chi connectivity index (χ1v) is 14.3. The standard InChI is InChI=1S/C31H35N3O8/c1-6-18-19-12-17(42-30(39)33-24(28(36)37)11-16(4)5)9-10-23(19)32-26-20(18)14-34-25(26)13-22-21(27(34)35)15-40-29(38)31(22,7-2)41-8-3/h9-10,12-13,16,24H,6-8,11,14-15H2,1-5H3,(H,33,39)(H,36,37)/t24?,31-/m0/s1. The molecule has 3 aromatic rings. The molecular formula is C31H35N3O8. The predicted octanol–water partition coefficient (Wildman–Crippen LogP) is 4.27. The van der Waals surface area contributed by atoms with Crippen LogP contribution in [0.2, 0.25) is 0 Å². The SMILES string of the molecule is CCO[C@]1(CC)C(=O)OCc2c1cc1n(c2=O)Cc2c-1nc1ccc(OC(=O)NC(CC(C)C)C(=O)O)cc1c2CC. The fraction of sp³-hybridized carbons (Fsp3) is 0.452. The number of fused-ring (bicyclic) bond motifs is 5. The van der Waals surface area contributed by atoms with Gasteiger partial charge in [0.05, 0.1) is 29.0 Å². The Bertz CT molecular complexity index is 1660. The zero-order valence-electron chi connectivity index (χ0n) is 24.4. The van der Waals surface area contributed by atoms with Crippen molar-refractivity contribution >= 4 is 28.9 Å². The molecule has 0 fully saturated rings. The van der Waals surface area contributed by atoms with Crippen molar-refractivity contribution in [3.05, 3.63) is 56.9 Å². The van der Waals surface area contributed by atoms with Gasteiger partial charge in [0, 0.05) is 23.1 Å². The summed E-state index contributed by atoms with van der Waals surface area (Å²) in [5.74, 6) is -1.32. The fourth-order valence-corrected chi connectivity index (χ4v) is 6.05. The van der Waals surface area contributed by atoms with E-state index >= 15 is 0 Å². The monoisotopic (exact) mass is 577 g/mol. The molecule has 1 unspecified atom stereocenters. The first-order chi connectivity index (χ1) is 20.0. The first kappa shape index (κ1) is 29.2. The van der Waals surface area contributed by atoms with Gasteiger partial charge in [0.2, 0.25) is 0 Å². The molecule has 2 N–H and O–H groups in total. The van der Waals surface area contributed by atoms with E-state index in [-0.39, 0.29) is 36.9 Å². The number of cyclic esters (lactones) is 1. The molecule has 0 aliphatic carbocycles. The van der Waals surface area contributed by atoms with E-state index in [9.17, 15) is 24.3 Å². The number of aliphatic carboxylic acids is 1. The van der Waals surface area contributed by atoms with E-state index in [0.717, 1.165) is 16.5 Å². The van der Waals surface area contributed by atoms with E-state index < -0.39 is 29.7 Å². The van der Waals surface area contributed by atoms with E-state index in [0.29, 0.717) is 47.4 Å². The minimum Gasteiger partial charge on any atom is -0.480 e. The Morgan fingerprint density at radius 1 is 1.17 bits per heavy atom. The molecule has 11 nitrogen and oxygen atoms in total. The highest BCUT2D eigenvalue weighted by Crippen LogP contribution is 2.42. The summed E-state index contributed by atoms with van der Waals surface area (Å²) in [5.41, 5.74) is 3.07. The zero-order valence-corrected chi connectivity index (χ0v) is 24.4. The Labute approximate surface area is 242 Å². The van der Waals surface area contributed by atoms with Crippen molar-refractivity contribution in [3.63, 3.8) is 0 Å². The summed E-state index contributed by atoms with van der Waals surface area (Å²) in [7, 11) is 0. The number of aromatic nitrogens is 2. The van der Waals surface area contributed by atoms with Crippen LogP contribution in [0, 0.1) is 5.92 Å². The first-order valence-electron chi connectivity index (χ1n) is 14.3. The number of carbonyl (C=O) groups excluding carboxylic acids is 2. The Balaban J connectivity index is 1.55. The number of carboxylic acid groups (broad SMARTS) is 1. The van der Waals surface area contributed by atoms with Gasteiger partial charge in [0.15, 0.2) is 5.60 Å². The Morgan fingerprint density at radius 2 is 1.93 bits per heavy atom. The third kappa shape index (κ3) is 4.81. The number of carboxylic acids is 1. The lowest BCUT2D eigenvalue weighted by atomic mass is 9.85. The van der Waals surface area contributed by atoms with Crippen LogP contribution in [0.25, 0.3) is 22.3 Å². The molecule has 4 heterocycles. The Hall–Kier alpha value is -4.25. The lowest BCUT2D eigenvalue weighted by Crippen LogP contribution is -2.46. The molecule has 0 saturated heterocycles. The number of benzene rings is 1. The molecule has 1 aromatic carbocycles. The second kappa shape index (κ2) is 11.2. The summed E-state index contributed by atoms with van der Waals surface area (Å²) in [6.07, 6.45) is 0.346. The molecule has 5 rings (SSSR count). The number of aryl methyl sites for hydroxylation is 1. The lowest BCUT2D eigenvalue weighted by Gasteiger charge is -2.35. The average molecular weight is 578 g/mol. The highest BCUT2D eigenvalue weighted by molar-refractivity contribution is 5.90. The highest BCUT2D eigenvalue weighted by Gasteiger charge is 2.48. The molecule has 0 saturated carbocycles. The van der Waals surface area contributed by atoms with Crippen molar-refractivity contribution in [2.45, 2.75) is 78.7 Å². The van der Waals surface area contributed by atoms with Gasteiger partial charge in [0.1, 0.15) is 18.4 Å². The van der Waals surface area contributed by atoms with E-state index in [4.69, 9.17) is 19.2 Å². The van der Waals surface area contributed by atoms with Crippen LogP contribution in [-0.4, -0.2) is 45.3 Å². The summed E-state index contributed by atoms with van der Waals surface area (Å²) >= 11 is 0. The van der Waals surface area contributed by atoms with Crippen LogP contribution in [0.15, 0.2) is 29.1 Å².